The number of hydrogen-bond acceptors (Lipinski definition) is 5. The first-order chi connectivity index (χ1) is 14.0. The number of thioether (sulfide) groups is 1. The molecule has 2 aromatic carbocycles. The van der Waals surface area contributed by atoms with Crippen LogP contribution in [0.25, 0.3) is 0 Å². The molecule has 0 bridgehead atoms. The van der Waals surface area contributed by atoms with Gasteiger partial charge >= 0.3 is 0 Å². The largest absolute Gasteiger partial charge is 0.493 e. The summed E-state index contributed by atoms with van der Waals surface area (Å²) in [5.74, 6) is 1.18. The van der Waals surface area contributed by atoms with E-state index in [0.717, 1.165) is 16.8 Å². The number of anilines is 1. The van der Waals surface area contributed by atoms with Gasteiger partial charge in [0.25, 0.3) is 0 Å². The summed E-state index contributed by atoms with van der Waals surface area (Å²) >= 11 is 7.83. The first kappa shape index (κ1) is 21.6. The van der Waals surface area contributed by atoms with E-state index < -0.39 is 5.25 Å². The van der Waals surface area contributed by atoms with Crippen LogP contribution < -0.4 is 14.4 Å². The Kier molecular flexibility index (Phi) is 7.11. The van der Waals surface area contributed by atoms with Gasteiger partial charge in [-0.05, 0) is 36.2 Å². The third kappa shape index (κ3) is 4.25. The maximum atomic E-state index is 13.3. The van der Waals surface area contributed by atoms with Gasteiger partial charge in [-0.3, -0.25) is 4.79 Å². The lowest BCUT2D eigenvalue weighted by molar-refractivity contribution is -0.118. The minimum Gasteiger partial charge on any atom is -0.493 e. The predicted octanol–water partition coefficient (Wildman–Crippen LogP) is 4.46. The molecule has 1 aliphatic rings. The van der Waals surface area contributed by atoms with E-state index in [2.05, 4.69) is 6.58 Å². The van der Waals surface area contributed by atoms with Crippen molar-refractivity contribution < 1.29 is 19.4 Å². The van der Waals surface area contributed by atoms with Crippen LogP contribution >= 0.6 is 23.4 Å². The highest BCUT2D eigenvalue weighted by Crippen LogP contribution is 2.51. The van der Waals surface area contributed by atoms with Crippen molar-refractivity contribution in [2.75, 3.05) is 32.3 Å². The smallest absolute Gasteiger partial charge is 0.240 e. The molecule has 2 atom stereocenters. The van der Waals surface area contributed by atoms with Crippen LogP contribution in [0.15, 0.2) is 49.1 Å². The SMILES string of the molecule is C=CCN1C(=O)[C@@H](CCO)S[C@H](c2cccc(OC)c2OC)c2cc(Cl)ccc21. The summed E-state index contributed by atoms with van der Waals surface area (Å²) < 4.78 is 11.1. The molecule has 7 heteroatoms. The molecule has 0 aliphatic carbocycles. The van der Waals surface area contributed by atoms with E-state index in [1.54, 1.807) is 31.3 Å². The van der Waals surface area contributed by atoms with E-state index in [1.807, 2.05) is 30.3 Å². The number of methoxy groups -OCH3 is 2. The number of ether oxygens (including phenoxy) is 2. The summed E-state index contributed by atoms with van der Waals surface area (Å²) in [5, 5.41) is 9.50. The lowest BCUT2D eigenvalue weighted by atomic mass is 10.00. The minimum absolute atomic E-state index is 0.0584. The van der Waals surface area contributed by atoms with Gasteiger partial charge in [0.15, 0.2) is 11.5 Å². The Hall–Kier alpha value is -2.15. The Labute approximate surface area is 180 Å². The topological polar surface area (TPSA) is 59.0 Å². The second-order valence-corrected chi connectivity index (χ2v) is 8.29. The van der Waals surface area contributed by atoms with Crippen LogP contribution in [0.2, 0.25) is 5.02 Å². The fourth-order valence-corrected chi connectivity index (χ4v) is 5.22. The number of carbonyl (C=O) groups excluding carboxylic acids is 1. The van der Waals surface area contributed by atoms with Crippen molar-refractivity contribution in [3.8, 4) is 11.5 Å². The number of fused-ring (bicyclic) bond motifs is 1. The molecule has 0 saturated heterocycles. The highest BCUT2D eigenvalue weighted by molar-refractivity contribution is 8.01. The maximum absolute atomic E-state index is 13.3. The second kappa shape index (κ2) is 9.57. The highest BCUT2D eigenvalue weighted by atomic mass is 35.5. The standard InChI is InChI=1S/C22H24ClNO4S/c1-4-11-24-17-9-8-14(23)13-16(17)21(29-19(10-12-25)22(24)26)15-6-5-7-18(27-2)20(15)28-3/h4-9,13,19,21,25H,1,10-12H2,2-3H3/t19-,21-/m1/s1. The first-order valence-electron chi connectivity index (χ1n) is 9.24. The molecule has 0 saturated carbocycles. The van der Waals surface area contributed by atoms with Gasteiger partial charge in [0.2, 0.25) is 5.91 Å². The van der Waals surface area contributed by atoms with Crippen molar-refractivity contribution in [3.05, 3.63) is 65.2 Å². The van der Waals surface area contributed by atoms with Crippen LogP contribution in [0.1, 0.15) is 22.8 Å². The number of para-hydroxylation sites is 1. The lowest BCUT2D eigenvalue weighted by Crippen LogP contribution is -2.37. The molecule has 2 aromatic rings. The number of aliphatic hydroxyl groups is 1. The van der Waals surface area contributed by atoms with E-state index in [0.29, 0.717) is 29.5 Å². The molecule has 154 valence electrons. The van der Waals surface area contributed by atoms with E-state index in [9.17, 15) is 9.90 Å². The average Bonchev–Trinajstić information content (AvgIpc) is 2.84. The Morgan fingerprint density at radius 2 is 2.03 bits per heavy atom. The van der Waals surface area contributed by atoms with E-state index in [-0.39, 0.29) is 17.8 Å². The summed E-state index contributed by atoms with van der Waals surface area (Å²) in [6, 6.07) is 11.2. The Morgan fingerprint density at radius 1 is 1.24 bits per heavy atom. The first-order valence-corrected chi connectivity index (χ1v) is 10.6. The summed E-state index contributed by atoms with van der Waals surface area (Å²) in [6.07, 6.45) is 2.05. The molecule has 0 unspecified atom stereocenters. The van der Waals surface area contributed by atoms with Crippen LogP contribution in [0.4, 0.5) is 5.69 Å². The molecule has 0 radical (unpaired) electrons. The summed E-state index contributed by atoms with van der Waals surface area (Å²) in [5.41, 5.74) is 2.57. The monoisotopic (exact) mass is 433 g/mol. The normalized spacial score (nSPS) is 18.8. The van der Waals surface area contributed by atoms with E-state index >= 15 is 0 Å². The molecule has 29 heavy (non-hydrogen) atoms. The third-order valence-electron chi connectivity index (χ3n) is 4.82. The molecule has 0 fully saturated rings. The molecular weight excluding hydrogens is 410 g/mol. The van der Waals surface area contributed by atoms with Gasteiger partial charge in [-0.25, -0.2) is 0 Å². The summed E-state index contributed by atoms with van der Waals surface area (Å²) in [6.45, 7) is 4.09. The predicted molar refractivity (Wildman–Crippen MR) is 118 cm³/mol. The quantitative estimate of drug-likeness (QED) is 0.653. The molecule has 1 heterocycles. The number of benzene rings is 2. The summed E-state index contributed by atoms with van der Waals surface area (Å²) in [4.78, 5) is 15.0. The van der Waals surface area contributed by atoms with Crippen molar-refractivity contribution in [1.29, 1.82) is 0 Å². The molecule has 5 nitrogen and oxygen atoms in total. The Bertz CT molecular complexity index is 904. The Morgan fingerprint density at radius 3 is 2.69 bits per heavy atom. The van der Waals surface area contributed by atoms with Gasteiger partial charge < -0.3 is 19.5 Å². The van der Waals surface area contributed by atoms with Crippen LogP contribution in [0, 0.1) is 0 Å². The van der Waals surface area contributed by atoms with Gasteiger partial charge in [0.1, 0.15) is 0 Å². The molecule has 0 spiro atoms. The number of amides is 1. The molecule has 1 N–H and O–H groups in total. The highest BCUT2D eigenvalue weighted by Gasteiger charge is 2.37. The lowest BCUT2D eigenvalue weighted by Gasteiger charge is -2.24. The Balaban J connectivity index is 2.25. The van der Waals surface area contributed by atoms with Crippen molar-refractivity contribution >= 4 is 35.0 Å². The van der Waals surface area contributed by atoms with E-state index in [1.165, 1.54) is 11.8 Å². The molecular formula is C22H24ClNO4S. The fraction of sp³-hybridized carbons (Fsp3) is 0.318. The molecule has 0 aromatic heterocycles. The van der Waals surface area contributed by atoms with Gasteiger partial charge in [-0.15, -0.1) is 18.3 Å². The second-order valence-electron chi connectivity index (χ2n) is 6.54. The number of halogens is 1. The molecule has 3 rings (SSSR count). The number of aliphatic hydroxyl groups excluding tert-OH is 1. The van der Waals surface area contributed by atoms with Gasteiger partial charge in [0.05, 0.1) is 24.7 Å². The number of nitrogens with zero attached hydrogens (tertiary/aromatic N) is 1. The van der Waals surface area contributed by atoms with Crippen molar-refractivity contribution in [2.45, 2.75) is 16.9 Å². The van der Waals surface area contributed by atoms with Gasteiger partial charge in [-0.2, -0.15) is 0 Å². The fourth-order valence-electron chi connectivity index (χ4n) is 3.55. The van der Waals surface area contributed by atoms with Crippen molar-refractivity contribution in [3.63, 3.8) is 0 Å². The summed E-state index contributed by atoms with van der Waals surface area (Å²) in [7, 11) is 3.19. The van der Waals surface area contributed by atoms with Crippen LogP contribution in [-0.2, 0) is 4.79 Å². The average molecular weight is 434 g/mol. The number of carbonyl (C=O) groups is 1. The van der Waals surface area contributed by atoms with E-state index in [4.69, 9.17) is 21.1 Å². The van der Waals surface area contributed by atoms with Gasteiger partial charge in [0, 0.05) is 29.4 Å². The van der Waals surface area contributed by atoms with Crippen LogP contribution in [0.5, 0.6) is 11.5 Å². The number of rotatable bonds is 7. The molecule has 1 amide bonds. The zero-order chi connectivity index (χ0) is 21.0. The molecule has 1 aliphatic heterocycles. The third-order valence-corrected chi connectivity index (χ3v) is 6.60. The van der Waals surface area contributed by atoms with Crippen LogP contribution in [0.3, 0.4) is 0 Å². The minimum atomic E-state index is -0.424. The van der Waals surface area contributed by atoms with Crippen molar-refractivity contribution in [2.24, 2.45) is 0 Å². The maximum Gasteiger partial charge on any atom is 0.240 e. The van der Waals surface area contributed by atoms with Crippen molar-refractivity contribution in [1.82, 2.24) is 0 Å². The zero-order valence-electron chi connectivity index (χ0n) is 16.4. The van der Waals surface area contributed by atoms with Crippen LogP contribution in [-0.4, -0.2) is 43.6 Å². The van der Waals surface area contributed by atoms with Gasteiger partial charge in [-0.1, -0.05) is 29.8 Å². The zero-order valence-corrected chi connectivity index (χ0v) is 18.0. The number of hydrogen-bond donors (Lipinski definition) is 1.